The molecule has 0 fully saturated rings. The molecule has 0 bridgehead atoms. The van der Waals surface area contributed by atoms with Crippen LogP contribution in [0.5, 0.6) is 11.5 Å². The van der Waals surface area contributed by atoms with E-state index in [1.165, 1.54) is 5.56 Å². The van der Waals surface area contributed by atoms with Crippen molar-refractivity contribution in [1.29, 1.82) is 0 Å². The molecular formula is C14H16BrNO2S. The van der Waals surface area contributed by atoms with Gasteiger partial charge in [0.05, 0.1) is 20.3 Å². The number of ether oxygens (including phenoxy) is 2. The third-order valence-electron chi connectivity index (χ3n) is 2.98. The van der Waals surface area contributed by atoms with Gasteiger partial charge in [-0.3, -0.25) is 0 Å². The Bertz CT molecular complexity index is 556. The van der Waals surface area contributed by atoms with E-state index in [4.69, 9.17) is 9.47 Å². The second kappa shape index (κ2) is 6.41. The third kappa shape index (κ3) is 2.94. The van der Waals surface area contributed by atoms with E-state index in [1.54, 1.807) is 25.6 Å². The highest BCUT2D eigenvalue weighted by Gasteiger charge is 2.17. The molecule has 5 heteroatoms. The maximum Gasteiger partial charge on any atom is 0.161 e. The highest BCUT2D eigenvalue weighted by molar-refractivity contribution is 9.10. The van der Waals surface area contributed by atoms with Crippen LogP contribution in [0.15, 0.2) is 33.4 Å². The predicted molar refractivity (Wildman–Crippen MR) is 82.5 cm³/mol. The van der Waals surface area contributed by atoms with E-state index in [0.29, 0.717) is 0 Å². The molecular weight excluding hydrogens is 326 g/mol. The van der Waals surface area contributed by atoms with E-state index in [-0.39, 0.29) is 6.04 Å². The van der Waals surface area contributed by atoms with Crippen molar-refractivity contribution in [2.75, 3.05) is 21.3 Å². The van der Waals surface area contributed by atoms with E-state index in [1.807, 2.05) is 25.2 Å². The van der Waals surface area contributed by atoms with Crippen molar-refractivity contribution in [1.82, 2.24) is 5.32 Å². The Kier molecular flexibility index (Phi) is 4.85. The fourth-order valence-electron chi connectivity index (χ4n) is 2.03. The van der Waals surface area contributed by atoms with Crippen LogP contribution in [0.2, 0.25) is 0 Å². The van der Waals surface area contributed by atoms with Crippen LogP contribution >= 0.6 is 27.3 Å². The summed E-state index contributed by atoms with van der Waals surface area (Å²) in [5, 5.41) is 7.56. The summed E-state index contributed by atoms with van der Waals surface area (Å²) in [6, 6.07) is 6.11. The summed E-state index contributed by atoms with van der Waals surface area (Å²) in [6.45, 7) is 0. The topological polar surface area (TPSA) is 30.5 Å². The number of nitrogens with one attached hydrogen (secondary N) is 1. The average molecular weight is 342 g/mol. The average Bonchev–Trinajstić information content (AvgIpc) is 2.86. The number of halogens is 1. The molecule has 0 aliphatic rings. The highest BCUT2D eigenvalue weighted by Crippen LogP contribution is 2.35. The van der Waals surface area contributed by atoms with Gasteiger partial charge in [0.15, 0.2) is 11.5 Å². The molecule has 1 N–H and O–H groups in total. The van der Waals surface area contributed by atoms with Gasteiger partial charge in [0, 0.05) is 9.85 Å². The summed E-state index contributed by atoms with van der Waals surface area (Å²) in [4.78, 5) is 0. The minimum atomic E-state index is 0.125. The van der Waals surface area contributed by atoms with Crippen LogP contribution < -0.4 is 14.8 Å². The Morgan fingerprint density at radius 1 is 1.16 bits per heavy atom. The van der Waals surface area contributed by atoms with Gasteiger partial charge in [-0.05, 0) is 51.6 Å². The third-order valence-corrected chi connectivity index (χ3v) is 4.73. The summed E-state index contributed by atoms with van der Waals surface area (Å²) in [6.07, 6.45) is 0. The fourth-order valence-corrected chi connectivity index (χ4v) is 3.58. The van der Waals surface area contributed by atoms with Crippen molar-refractivity contribution in [3.8, 4) is 11.5 Å². The SMILES string of the molecule is CNC(c1ccc(OC)c(OC)c1)c1cscc1Br. The molecule has 0 radical (unpaired) electrons. The van der Waals surface area contributed by atoms with Crippen molar-refractivity contribution in [3.63, 3.8) is 0 Å². The van der Waals surface area contributed by atoms with Crippen LogP contribution in [0.1, 0.15) is 17.2 Å². The molecule has 0 aliphatic heterocycles. The van der Waals surface area contributed by atoms with Crippen LogP contribution in [0.25, 0.3) is 0 Å². The molecule has 1 heterocycles. The molecule has 1 aromatic heterocycles. The molecule has 1 unspecified atom stereocenters. The van der Waals surface area contributed by atoms with Crippen molar-refractivity contribution in [3.05, 3.63) is 44.6 Å². The number of rotatable bonds is 5. The van der Waals surface area contributed by atoms with Crippen molar-refractivity contribution in [2.45, 2.75) is 6.04 Å². The number of hydrogen-bond donors (Lipinski definition) is 1. The molecule has 1 atom stereocenters. The van der Waals surface area contributed by atoms with E-state index in [2.05, 4.69) is 32.0 Å². The summed E-state index contributed by atoms with van der Waals surface area (Å²) in [7, 11) is 5.24. The van der Waals surface area contributed by atoms with Crippen LogP contribution in [-0.4, -0.2) is 21.3 Å². The van der Waals surface area contributed by atoms with E-state index < -0.39 is 0 Å². The lowest BCUT2D eigenvalue weighted by Gasteiger charge is -2.18. The molecule has 1 aromatic carbocycles. The predicted octanol–water partition coefficient (Wildman–Crippen LogP) is 3.84. The Morgan fingerprint density at radius 2 is 1.89 bits per heavy atom. The van der Waals surface area contributed by atoms with Gasteiger partial charge in [0.1, 0.15) is 0 Å². The molecule has 102 valence electrons. The van der Waals surface area contributed by atoms with Crippen molar-refractivity contribution >= 4 is 27.3 Å². The van der Waals surface area contributed by atoms with Gasteiger partial charge >= 0.3 is 0 Å². The zero-order valence-corrected chi connectivity index (χ0v) is 13.5. The van der Waals surface area contributed by atoms with Gasteiger partial charge in [-0.2, -0.15) is 11.3 Å². The second-order valence-corrected chi connectivity index (χ2v) is 5.61. The molecule has 0 saturated heterocycles. The number of thiophene rings is 1. The smallest absolute Gasteiger partial charge is 0.161 e. The molecule has 2 rings (SSSR count). The first-order chi connectivity index (χ1) is 9.21. The lowest BCUT2D eigenvalue weighted by molar-refractivity contribution is 0.354. The summed E-state index contributed by atoms with van der Waals surface area (Å²) >= 11 is 5.26. The van der Waals surface area contributed by atoms with Crippen LogP contribution in [0.3, 0.4) is 0 Å². The van der Waals surface area contributed by atoms with Crippen molar-refractivity contribution < 1.29 is 9.47 Å². The lowest BCUT2D eigenvalue weighted by Crippen LogP contribution is -2.17. The number of methoxy groups -OCH3 is 2. The summed E-state index contributed by atoms with van der Waals surface area (Å²) in [5.74, 6) is 1.48. The van der Waals surface area contributed by atoms with Gasteiger partial charge in [-0.25, -0.2) is 0 Å². The van der Waals surface area contributed by atoms with Gasteiger partial charge < -0.3 is 14.8 Å². The normalized spacial score (nSPS) is 12.2. The Labute approximate surface area is 125 Å². The van der Waals surface area contributed by atoms with Gasteiger partial charge in [0.2, 0.25) is 0 Å². The summed E-state index contributed by atoms with van der Waals surface area (Å²) in [5.41, 5.74) is 2.36. The van der Waals surface area contributed by atoms with Crippen LogP contribution in [0.4, 0.5) is 0 Å². The molecule has 0 aliphatic carbocycles. The zero-order valence-electron chi connectivity index (χ0n) is 11.1. The second-order valence-electron chi connectivity index (χ2n) is 4.01. The fraction of sp³-hybridized carbons (Fsp3) is 0.286. The zero-order chi connectivity index (χ0) is 13.8. The Morgan fingerprint density at radius 3 is 2.42 bits per heavy atom. The quantitative estimate of drug-likeness (QED) is 0.896. The van der Waals surface area contributed by atoms with Crippen molar-refractivity contribution in [2.24, 2.45) is 0 Å². The van der Waals surface area contributed by atoms with Crippen LogP contribution in [0, 0.1) is 0 Å². The number of hydrogen-bond acceptors (Lipinski definition) is 4. The molecule has 0 saturated carbocycles. The first-order valence-corrected chi connectivity index (χ1v) is 7.55. The highest BCUT2D eigenvalue weighted by atomic mass is 79.9. The number of benzene rings is 1. The molecule has 3 nitrogen and oxygen atoms in total. The van der Waals surface area contributed by atoms with Crippen LogP contribution in [-0.2, 0) is 0 Å². The first kappa shape index (κ1) is 14.4. The monoisotopic (exact) mass is 341 g/mol. The minimum absolute atomic E-state index is 0.125. The lowest BCUT2D eigenvalue weighted by atomic mass is 10.0. The maximum absolute atomic E-state index is 5.36. The first-order valence-electron chi connectivity index (χ1n) is 5.82. The summed E-state index contributed by atoms with van der Waals surface area (Å²) < 4.78 is 11.7. The molecule has 19 heavy (non-hydrogen) atoms. The maximum atomic E-state index is 5.36. The Hall–Kier alpha value is -1.04. The molecule has 2 aromatic rings. The Balaban J connectivity index is 2.42. The molecule has 0 amide bonds. The largest absolute Gasteiger partial charge is 0.493 e. The standard InChI is InChI=1S/C14H16BrNO2S/c1-16-14(10-7-19-8-11(10)15)9-4-5-12(17-2)13(6-9)18-3/h4-8,14,16H,1-3H3. The van der Waals surface area contributed by atoms with E-state index in [0.717, 1.165) is 21.5 Å². The van der Waals surface area contributed by atoms with E-state index in [9.17, 15) is 0 Å². The molecule has 0 spiro atoms. The van der Waals surface area contributed by atoms with Gasteiger partial charge in [0.25, 0.3) is 0 Å². The van der Waals surface area contributed by atoms with E-state index >= 15 is 0 Å². The minimum Gasteiger partial charge on any atom is -0.493 e. The van der Waals surface area contributed by atoms with Gasteiger partial charge in [-0.15, -0.1) is 0 Å². The van der Waals surface area contributed by atoms with Gasteiger partial charge in [-0.1, -0.05) is 6.07 Å².